The molecule has 0 aromatic heterocycles. The molecule has 1 heterocycles. The maximum atomic E-state index is 6.78. The van der Waals surface area contributed by atoms with Gasteiger partial charge in [-0.1, -0.05) is 29.8 Å². The summed E-state index contributed by atoms with van der Waals surface area (Å²) in [4.78, 5) is 12.1. The minimum Gasteiger partial charge on any atom is -0.369 e. The number of quaternary nitrogens is 1. The number of ether oxygens (including phenoxy) is 2. The van der Waals surface area contributed by atoms with E-state index in [0.717, 1.165) is 55.0 Å². The molecule has 4 saturated carbocycles. The first-order valence-corrected chi connectivity index (χ1v) is 12.3. The van der Waals surface area contributed by atoms with Crippen molar-refractivity contribution in [3.8, 4) is 0 Å². The topological polar surface area (TPSA) is 36.9 Å². The first kappa shape index (κ1) is 21.8. The van der Waals surface area contributed by atoms with E-state index in [1.165, 1.54) is 24.8 Å². The van der Waals surface area contributed by atoms with E-state index in [4.69, 9.17) is 19.2 Å². The van der Waals surface area contributed by atoms with Crippen molar-refractivity contribution >= 4 is 0 Å². The molecule has 0 amide bonds. The Morgan fingerprint density at radius 2 is 1.77 bits per heavy atom. The standard InChI is InChI=1S/C26H40NO4/c1-6-27(4,7-2)11-12-29-24-16-20-14-22(17-24)25(23(15-20)18-24)26(28-5,31-30-25)21-10-8-9-19(3)13-21/h8-10,13,20,22-23H,6-7,11-12,14-18H2,1-5H3/q+1. The van der Waals surface area contributed by atoms with Gasteiger partial charge in [0.25, 0.3) is 5.79 Å². The molecule has 1 aliphatic heterocycles. The van der Waals surface area contributed by atoms with Gasteiger partial charge in [-0.2, -0.15) is 4.89 Å². The number of hydrogen-bond acceptors (Lipinski definition) is 4. The van der Waals surface area contributed by atoms with Crippen LogP contribution in [0.4, 0.5) is 0 Å². The highest BCUT2D eigenvalue weighted by Crippen LogP contribution is 2.70. The Bertz CT molecular complexity index is 801. The van der Waals surface area contributed by atoms with Gasteiger partial charge in [-0.3, -0.25) is 0 Å². The highest BCUT2D eigenvalue weighted by molar-refractivity contribution is 5.33. The number of benzene rings is 1. The van der Waals surface area contributed by atoms with Gasteiger partial charge >= 0.3 is 0 Å². The number of likely N-dealkylation sites (N-methyl/N-ethyl adjacent to an activating group) is 1. The molecular formula is C26H40NO4+. The Balaban J connectivity index is 1.39. The van der Waals surface area contributed by atoms with Crippen molar-refractivity contribution in [3.05, 3.63) is 35.4 Å². The van der Waals surface area contributed by atoms with Crippen LogP contribution in [0.25, 0.3) is 0 Å². The monoisotopic (exact) mass is 430 g/mol. The molecule has 1 spiro atoms. The van der Waals surface area contributed by atoms with Crippen molar-refractivity contribution in [2.45, 2.75) is 69.9 Å². The molecule has 3 unspecified atom stereocenters. The summed E-state index contributed by atoms with van der Waals surface area (Å²) < 4.78 is 14.0. The zero-order chi connectivity index (χ0) is 21.9. The zero-order valence-electron chi connectivity index (χ0n) is 20.0. The highest BCUT2D eigenvalue weighted by Gasteiger charge is 2.78. The third-order valence-electron chi connectivity index (χ3n) is 9.41. The maximum Gasteiger partial charge on any atom is 0.260 e. The molecule has 6 rings (SSSR count). The van der Waals surface area contributed by atoms with E-state index in [-0.39, 0.29) is 5.60 Å². The lowest BCUT2D eigenvalue weighted by Gasteiger charge is -2.70. The third-order valence-corrected chi connectivity index (χ3v) is 9.41. The average Bonchev–Trinajstić information content (AvgIpc) is 2.73. The summed E-state index contributed by atoms with van der Waals surface area (Å²) in [7, 11) is 4.12. The van der Waals surface area contributed by atoms with Gasteiger partial charge in [0.1, 0.15) is 6.54 Å². The largest absolute Gasteiger partial charge is 0.369 e. The third kappa shape index (κ3) is 3.07. The van der Waals surface area contributed by atoms with Crippen molar-refractivity contribution in [1.82, 2.24) is 0 Å². The molecule has 1 aromatic rings. The summed E-state index contributed by atoms with van der Waals surface area (Å²) in [6.45, 7) is 10.9. The average molecular weight is 431 g/mol. The predicted molar refractivity (Wildman–Crippen MR) is 119 cm³/mol. The number of rotatable bonds is 8. The molecule has 5 fully saturated rings. The Labute approximate surface area is 187 Å². The fourth-order valence-electron chi connectivity index (χ4n) is 7.42. The second-order valence-corrected chi connectivity index (χ2v) is 11.0. The number of hydrogen-bond donors (Lipinski definition) is 0. The second-order valence-electron chi connectivity index (χ2n) is 11.0. The molecule has 172 valence electrons. The second kappa shape index (κ2) is 7.53. The van der Waals surface area contributed by atoms with Gasteiger partial charge in [-0.25, -0.2) is 4.89 Å². The summed E-state index contributed by atoms with van der Waals surface area (Å²) in [5.41, 5.74) is 1.93. The van der Waals surface area contributed by atoms with Gasteiger partial charge < -0.3 is 14.0 Å². The molecule has 0 radical (unpaired) electrons. The van der Waals surface area contributed by atoms with Crippen molar-refractivity contribution < 1.29 is 23.7 Å². The summed E-state index contributed by atoms with van der Waals surface area (Å²) in [6, 6.07) is 8.54. The van der Waals surface area contributed by atoms with Crippen LogP contribution in [0.1, 0.15) is 57.1 Å². The van der Waals surface area contributed by atoms with E-state index >= 15 is 0 Å². The van der Waals surface area contributed by atoms with Crippen LogP contribution < -0.4 is 0 Å². The van der Waals surface area contributed by atoms with Crippen molar-refractivity contribution in [1.29, 1.82) is 0 Å². The minimum absolute atomic E-state index is 0.0130. The van der Waals surface area contributed by atoms with Gasteiger partial charge in [-0.15, -0.1) is 0 Å². The molecule has 31 heavy (non-hydrogen) atoms. The van der Waals surface area contributed by atoms with Crippen molar-refractivity contribution in [3.63, 3.8) is 0 Å². The fourth-order valence-corrected chi connectivity index (χ4v) is 7.42. The summed E-state index contributed by atoms with van der Waals surface area (Å²) in [5.74, 6) is 0.748. The predicted octanol–water partition coefficient (Wildman–Crippen LogP) is 4.58. The quantitative estimate of drug-likeness (QED) is 0.447. The van der Waals surface area contributed by atoms with Crippen LogP contribution in [0.2, 0.25) is 0 Å². The summed E-state index contributed by atoms with van der Waals surface area (Å²) >= 11 is 0. The summed E-state index contributed by atoms with van der Waals surface area (Å²) in [6.07, 6.45) is 5.72. The SMILES string of the molecule is CC[N+](C)(CC)CCOC12CC3CC(C1)C1(OOC1(OC)c1cccc(C)c1)C(C3)C2. The van der Waals surface area contributed by atoms with Gasteiger partial charge in [0.15, 0.2) is 5.60 Å². The molecule has 5 aliphatic rings. The van der Waals surface area contributed by atoms with Crippen LogP contribution in [0.15, 0.2) is 24.3 Å². The van der Waals surface area contributed by atoms with Crippen LogP contribution >= 0.6 is 0 Å². The molecule has 1 aromatic carbocycles. The van der Waals surface area contributed by atoms with E-state index in [1.807, 2.05) is 0 Å². The van der Waals surface area contributed by atoms with Crippen LogP contribution in [-0.4, -0.2) is 56.1 Å². The van der Waals surface area contributed by atoms with E-state index in [2.05, 4.69) is 52.1 Å². The lowest BCUT2D eigenvalue weighted by molar-refractivity contribution is -0.906. The molecule has 4 bridgehead atoms. The number of nitrogens with zero attached hydrogens (tertiary/aromatic N) is 1. The molecule has 3 atom stereocenters. The van der Waals surface area contributed by atoms with Gasteiger partial charge in [0, 0.05) is 24.5 Å². The highest BCUT2D eigenvalue weighted by atomic mass is 17.3. The van der Waals surface area contributed by atoms with Gasteiger partial charge in [-0.05, 0) is 58.8 Å². The van der Waals surface area contributed by atoms with E-state index in [9.17, 15) is 0 Å². The normalized spacial score (nSPS) is 41.0. The number of methoxy groups -OCH3 is 1. The molecule has 4 aliphatic carbocycles. The molecular weight excluding hydrogens is 390 g/mol. The Kier molecular flexibility index (Phi) is 5.30. The molecule has 5 nitrogen and oxygen atoms in total. The first-order chi connectivity index (χ1) is 14.8. The van der Waals surface area contributed by atoms with Gasteiger partial charge in [0.05, 0.1) is 32.3 Å². The lowest BCUT2D eigenvalue weighted by Crippen LogP contribution is -2.78. The van der Waals surface area contributed by atoms with Crippen LogP contribution in [-0.2, 0) is 25.0 Å². The lowest BCUT2D eigenvalue weighted by atomic mass is 9.45. The van der Waals surface area contributed by atoms with Crippen LogP contribution in [0, 0.1) is 24.7 Å². The van der Waals surface area contributed by atoms with E-state index in [0.29, 0.717) is 11.8 Å². The first-order valence-electron chi connectivity index (χ1n) is 12.3. The summed E-state index contributed by atoms with van der Waals surface area (Å²) in [5, 5.41) is 0. The Morgan fingerprint density at radius 3 is 2.32 bits per heavy atom. The van der Waals surface area contributed by atoms with Crippen molar-refractivity contribution in [2.75, 3.05) is 40.4 Å². The van der Waals surface area contributed by atoms with Gasteiger partial charge in [0.2, 0.25) is 0 Å². The van der Waals surface area contributed by atoms with Crippen LogP contribution in [0.5, 0.6) is 0 Å². The Morgan fingerprint density at radius 1 is 1.06 bits per heavy atom. The van der Waals surface area contributed by atoms with E-state index < -0.39 is 11.4 Å². The molecule has 0 N–H and O–H groups in total. The minimum atomic E-state index is -0.803. The Hall–Kier alpha value is -0.980. The molecule has 1 saturated heterocycles. The smallest absolute Gasteiger partial charge is 0.260 e. The maximum absolute atomic E-state index is 6.78. The van der Waals surface area contributed by atoms with E-state index in [1.54, 1.807) is 7.11 Å². The van der Waals surface area contributed by atoms with Crippen LogP contribution in [0.3, 0.4) is 0 Å². The zero-order valence-corrected chi connectivity index (χ0v) is 20.0. The van der Waals surface area contributed by atoms with Crippen molar-refractivity contribution in [2.24, 2.45) is 17.8 Å². The number of aryl methyl sites for hydroxylation is 1. The molecule has 5 heteroatoms. The fraction of sp³-hybridized carbons (Fsp3) is 0.769.